The van der Waals surface area contributed by atoms with Gasteiger partial charge in [-0.3, -0.25) is 0 Å². The first-order valence-corrected chi connectivity index (χ1v) is 22.5. The van der Waals surface area contributed by atoms with E-state index in [9.17, 15) is 0 Å². The number of hydrogen-bond donors (Lipinski definition) is 1. The van der Waals surface area contributed by atoms with Crippen LogP contribution in [0, 0.1) is 0 Å². The second-order valence-electron chi connectivity index (χ2n) is 16.8. The van der Waals surface area contributed by atoms with Crippen molar-refractivity contribution in [2.75, 3.05) is 0 Å². The summed E-state index contributed by atoms with van der Waals surface area (Å²) in [5.74, 6) is 1.48. The Balaban J connectivity index is 1.08. The monoisotopic (exact) mass is 842 g/mol. The third kappa shape index (κ3) is 7.21. The van der Waals surface area contributed by atoms with Crippen molar-refractivity contribution in [3.8, 4) is 56.2 Å². The van der Waals surface area contributed by atoms with E-state index >= 15 is 0 Å². The van der Waals surface area contributed by atoms with Crippen molar-refractivity contribution < 1.29 is 0 Å². The zero-order valence-electron chi connectivity index (χ0n) is 36.0. The minimum absolute atomic E-state index is 0.0729. The Hall–Kier alpha value is -8.73. The normalized spacial score (nSPS) is 13.6. The van der Waals surface area contributed by atoms with Gasteiger partial charge in [0.1, 0.15) is 5.84 Å². The molecule has 1 aliphatic rings. The average Bonchev–Trinajstić information content (AvgIpc) is 3.41. The number of fused-ring (bicyclic) bond motifs is 6. The number of rotatable bonds is 8. The average molecular weight is 843 g/mol. The van der Waals surface area contributed by atoms with Gasteiger partial charge in [-0.2, -0.15) is 0 Å². The van der Waals surface area contributed by atoms with Crippen LogP contribution in [0.4, 0.5) is 0 Å². The van der Waals surface area contributed by atoms with E-state index in [1.165, 1.54) is 37.9 Å². The molecule has 0 amide bonds. The number of nitrogens with zero attached hydrogens (tertiary/aromatic N) is 3. The molecule has 2 heterocycles. The van der Waals surface area contributed by atoms with Crippen molar-refractivity contribution in [2.24, 2.45) is 4.99 Å². The lowest BCUT2D eigenvalue weighted by molar-refractivity contribution is 0.781. The van der Waals surface area contributed by atoms with E-state index < -0.39 is 0 Å². The van der Waals surface area contributed by atoms with Gasteiger partial charge in [0.05, 0.1) is 23.1 Å². The largest absolute Gasteiger partial charge is 0.359 e. The molecule has 1 atom stereocenters. The molecule has 1 N–H and O–H groups in total. The Kier molecular flexibility index (Phi) is 9.88. The van der Waals surface area contributed by atoms with Gasteiger partial charge in [-0.25, -0.2) is 15.0 Å². The van der Waals surface area contributed by atoms with Crippen LogP contribution in [-0.2, 0) is 0 Å². The summed E-state index contributed by atoms with van der Waals surface area (Å²) >= 11 is 0. The van der Waals surface area contributed by atoms with Crippen molar-refractivity contribution in [3.63, 3.8) is 0 Å². The molecule has 1 unspecified atom stereocenters. The first kappa shape index (κ1) is 38.9. The van der Waals surface area contributed by atoms with Crippen LogP contribution in [0.2, 0.25) is 0 Å². The summed E-state index contributed by atoms with van der Waals surface area (Å²) < 4.78 is 0. The zero-order chi connectivity index (χ0) is 43.8. The van der Waals surface area contributed by atoms with Crippen LogP contribution in [-0.4, -0.2) is 15.8 Å². The third-order valence-corrected chi connectivity index (χ3v) is 12.8. The molecule has 4 nitrogen and oxygen atoms in total. The summed E-state index contributed by atoms with van der Waals surface area (Å²) in [7, 11) is 0. The van der Waals surface area contributed by atoms with E-state index in [-0.39, 0.29) is 6.04 Å². The van der Waals surface area contributed by atoms with Crippen LogP contribution in [0.15, 0.2) is 248 Å². The van der Waals surface area contributed by atoms with Crippen LogP contribution in [0.25, 0.3) is 94.2 Å². The molecule has 4 heteroatoms. The van der Waals surface area contributed by atoms with Gasteiger partial charge in [0.15, 0.2) is 5.82 Å². The predicted octanol–water partition coefficient (Wildman–Crippen LogP) is 15.4. The van der Waals surface area contributed by atoms with E-state index in [0.717, 1.165) is 73.0 Å². The fourth-order valence-corrected chi connectivity index (χ4v) is 9.53. The van der Waals surface area contributed by atoms with Gasteiger partial charge in [0.2, 0.25) is 0 Å². The maximum Gasteiger partial charge on any atom is 0.161 e. The van der Waals surface area contributed by atoms with Gasteiger partial charge in [-0.1, -0.05) is 212 Å². The molecule has 1 aromatic heterocycles. The number of nitrogens with one attached hydrogen (secondary N) is 1. The molecule has 0 radical (unpaired) electrons. The lowest BCUT2D eigenvalue weighted by Crippen LogP contribution is -2.31. The minimum Gasteiger partial charge on any atom is -0.359 e. The number of aliphatic imine (C=N–C) groups is 1. The smallest absolute Gasteiger partial charge is 0.161 e. The topological polar surface area (TPSA) is 50.2 Å². The number of amidine groups is 1. The predicted molar refractivity (Wildman–Crippen MR) is 275 cm³/mol. The van der Waals surface area contributed by atoms with Crippen LogP contribution in [0.1, 0.15) is 22.7 Å². The molecule has 10 aromatic carbocycles. The van der Waals surface area contributed by atoms with E-state index in [1.54, 1.807) is 0 Å². The number of aromatic nitrogens is 2. The summed E-state index contributed by atoms with van der Waals surface area (Å²) in [5.41, 5.74) is 13.2. The molecule has 0 spiro atoms. The van der Waals surface area contributed by atoms with Gasteiger partial charge >= 0.3 is 0 Å². The van der Waals surface area contributed by atoms with E-state index in [1.807, 2.05) is 18.2 Å². The molecular weight excluding hydrogens is 801 g/mol. The molecule has 0 aliphatic carbocycles. The lowest BCUT2D eigenvalue weighted by Gasteiger charge is -2.26. The molecule has 310 valence electrons. The molecule has 0 bridgehead atoms. The van der Waals surface area contributed by atoms with Gasteiger partial charge in [-0.15, -0.1) is 0 Å². The van der Waals surface area contributed by atoms with Crippen LogP contribution < -0.4 is 5.32 Å². The van der Waals surface area contributed by atoms with Gasteiger partial charge < -0.3 is 5.32 Å². The van der Waals surface area contributed by atoms with E-state index in [2.05, 4.69) is 230 Å². The van der Waals surface area contributed by atoms with Gasteiger partial charge in [0, 0.05) is 22.3 Å². The second kappa shape index (κ2) is 16.8. The van der Waals surface area contributed by atoms with Gasteiger partial charge in [-0.05, 0) is 96.0 Å². The SMILES string of the molecule is C1=C(c2ccccc2)N=C(c2ccccc2-c2ccc(-c3nc(-c4ccccc4)cc(-c4ccccc4)n3)c(-c3ccc4c5ccccc5c5ccccc5c4c3)c2)NC1c1ccccc1. The molecule has 11 aromatic rings. The second-order valence-corrected chi connectivity index (χ2v) is 16.8. The number of benzene rings is 10. The summed E-state index contributed by atoms with van der Waals surface area (Å²) in [6, 6.07) is 83.6. The van der Waals surface area contributed by atoms with Crippen molar-refractivity contribution in [1.29, 1.82) is 0 Å². The molecule has 66 heavy (non-hydrogen) atoms. The Morgan fingerprint density at radius 1 is 0.318 bits per heavy atom. The highest BCUT2D eigenvalue weighted by Crippen LogP contribution is 2.42. The highest BCUT2D eigenvalue weighted by molar-refractivity contribution is 6.26. The highest BCUT2D eigenvalue weighted by atomic mass is 15.0. The fourth-order valence-electron chi connectivity index (χ4n) is 9.53. The highest BCUT2D eigenvalue weighted by Gasteiger charge is 2.23. The molecule has 0 saturated carbocycles. The summed E-state index contributed by atoms with van der Waals surface area (Å²) in [6.45, 7) is 0. The summed E-state index contributed by atoms with van der Waals surface area (Å²) in [4.78, 5) is 16.1. The maximum atomic E-state index is 5.36. The molecule has 0 saturated heterocycles. The van der Waals surface area contributed by atoms with Crippen molar-refractivity contribution in [2.45, 2.75) is 6.04 Å². The van der Waals surface area contributed by atoms with Crippen molar-refractivity contribution in [1.82, 2.24) is 15.3 Å². The lowest BCUT2D eigenvalue weighted by atomic mass is 9.88. The fraction of sp³-hybridized carbons (Fsp3) is 0.0161. The van der Waals surface area contributed by atoms with Crippen LogP contribution in [0.3, 0.4) is 0 Å². The Morgan fingerprint density at radius 3 is 1.39 bits per heavy atom. The van der Waals surface area contributed by atoms with Crippen LogP contribution in [0.5, 0.6) is 0 Å². The minimum atomic E-state index is -0.0729. The standard InChI is InChI=1S/C62H42N4/c1-5-19-41(20-6-1)57-39-58(42-21-7-2-8-22-42)64-61(63-57)53-32-18-13-27-47(53)45-34-36-54(62-65-59(43-23-9-3-10-24-43)40-60(66-62)44-25-11-4-12-26-44)55(37-45)46-33-35-52-50-30-15-14-28-48(50)49-29-16-17-31-51(49)56(52)38-46/h1-40,57H,(H,63,64). The molecule has 0 fully saturated rings. The molecule has 12 rings (SSSR count). The molecular formula is C62H42N4. The Bertz CT molecular complexity index is 3560. The van der Waals surface area contributed by atoms with E-state index in [4.69, 9.17) is 15.0 Å². The third-order valence-electron chi connectivity index (χ3n) is 12.8. The summed E-state index contributed by atoms with van der Waals surface area (Å²) in [5, 5.41) is 11.2. The first-order valence-electron chi connectivity index (χ1n) is 22.5. The van der Waals surface area contributed by atoms with Crippen LogP contribution >= 0.6 is 0 Å². The van der Waals surface area contributed by atoms with E-state index in [0.29, 0.717) is 5.82 Å². The quantitative estimate of drug-likeness (QED) is 0.155. The molecule has 1 aliphatic heterocycles. The first-order chi connectivity index (χ1) is 32.7. The van der Waals surface area contributed by atoms with Gasteiger partial charge in [0.25, 0.3) is 0 Å². The van der Waals surface area contributed by atoms with Crippen molar-refractivity contribution >= 4 is 43.9 Å². The maximum absolute atomic E-state index is 5.36. The Morgan fingerprint density at radius 2 is 0.788 bits per heavy atom. The number of hydrogen-bond acceptors (Lipinski definition) is 4. The summed E-state index contributed by atoms with van der Waals surface area (Å²) in [6.07, 6.45) is 2.23. The zero-order valence-corrected chi connectivity index (χ0v) is 36.0. The Labute approximate surface area is 384 Å². The van der Waals surface area contributed by atoms with Crippen molar-refractivity contribution in [3.05, 3.63) is 259 Å².